The van der Waals surface area contributed by atoms with Gasteiger partial charge in [0.05, 0.1) is 22.7 Å². The van der Waals surface area contributed by atoms with Gasteiger partial charge in [0.15, 0.2) is 0 Å². The summed E-state index contributed by atoms with van der Waals surface area (Å²) in [7, 11) is 0. The van der Waals surface area contributed by atoms with E-state index < -0.39 is 22.4 Å². The molecule has 0 radical (unpaired) electrons. The number of nitrogens with one attached hydrogen (secondary N) is 1. The highest BCUT2D eigenvalue weighted by Crippen LogP contribution is 2.38. The number of hydrogen-bond acceptors (Lipinski definition) is 7. The molecule has 2 aliphatic rings. The van der Waals surface area contributed by atoms with Gasteiger partial charge in [0.2, 0.25) is 0 Å². The van der Waals surface area contributed by atoms with Gasteiger partial charge in [-0.3, -0.25) is 10.1 Å². The number of thiocarbonyl (C=S) groups is 1. The van der Waals surface area contributed by atoms with Crippen LogP contribution in [0, 0.1) is 10.1 Å². The highest BCUT2D eigenvalue weighted by molar-refractivity contribution is 7.80. The molecule has 0 bridgehead atoms. The second-order valence-corrected chi connectivity index (χ2v) is 10.0. The standard InChI is InChI=1S/C24H27ClF3N5O3S/c25-16-1-8-22(29-14-16)31-9-11-32(12-10-31)23(37)15-36-19-5-2-17(3-6-19)30-18-4-7-21(33(34)35)20(13-18)24(26,27)28/h1,4,7-8,13-14,17,19,30H,2-3,5-6,9-12,15H2/t17-,19-. The molecular formula is C24H27ClF3N5O3S. The summed E-state index contributed by atoms with van der Waals surface area (Å²) in [5, 5.41) is 14.6. The summed E-state index contributed by atoms with van der Waals surface area (Å²) < 4.78 is 45.8. The van der Waals surface area contributed by atoms with E-state index in [9.17, 15) is 23.3 Å². The number of piperazine rings is 1. The molecule has 2 heterocycles. The Kier molecular flexibility index (Phi) is 8.71. The van der Waals surface area contributed by atoms with Crippen LogP contribution < -0.4 is 10.2 Å². The smallest absolute Gasteiger partial charge is 0.382 e. The predicted molar refractivity (Wildman–Crippen MR) is 139 cm³/mol. The minimum absolute atomic E-state index is 0.0261. The van der Waals surface area contributed by atoms with Crippen molar-refractivity contribution in [2.24, 2.45) is 0 Å². The van der Waals surface area contributed by atoms with Crippen LogP contribution in [0.3, 0.4) is 0 Å². The van der Waals surface area contributed by atoms with E-state index in [2.05, 4.69) is 20.1 Å². The van der Waals surface area contributed by atoms with E-state index >= 15 is 0 Å². The lowest BCUT2D eigenvalue weighted by Gasteiger charge is -2.37. The molecule has 1 saturated carbocycles. The van der Waals surface area contributed by atoms with Gasteiger partial charge in [-0.1, -0.05) is 23.8 Å². The fourth-order valence-corrected chi connectivity index (χ4v) is 5.00. The van der Waals surface area contributed by atoms with Crippen LogP contribution in [0.2, 0.25) is 5.02 Å². The Labute approximate surface area is 222 Å². The van der Waals surface area contributed by atoms with E-state index in [4.69, 9.17) is 28.6 Å². The number of nitro groups is 1. The zero-order valence-corrected chi connectivity index (χ0v) is 21.5. The molecule has 1 saturated heterocycles. The molecule has 37 heavy (non-hydrogen) atoms. The van der Waals surface area contributed by atoms with Gasteiger partial charge in [-0.2, -0.15) is 13.2 Å². The second kappa shape index (κ2) is 11.8. The molecule has 1 aromatic heterocycles. The van der Waals surface area contributed by atoms with Crippen LogP contribution in [0.1, 0.15) is 31.2 Å². The summed E-state index contributed by atoms with van der Waals surface area (Å²) in [6.45, 7) is 3.50. The first kappa shape index (κ1) is 27.3. The van der Waals surface area contributed by atoms with Crippen molar-refractivity contribution < 1.29 is 22.8 Å². The first-order chi connectivity index (χ1) is 17.6. The normalized spacial score (nSPS) is 20.5. The van der Waals surface area contributed by atoms with E-state index in [1.54, 1.807) is 6.20 Å². The summed E-state index contributed by atoms with van der Waals surface area (Å²) in [6.07, 6.45) is -0.227. The summed E-state index contributed by atoms with van der Waals surface area (Å²) in [5.74, 6) is 0.889. The summed E-state index contributed by atoms with van der Waals surface area (Å²) in [6, 6.07) is 6.71. The molecule has 0 atom stereocenters. The van der Waals surface area contributed by atoms with Gasteiger partial charge in [0.25, 0.3) is 5.69 Å². The minimum Gasteiger partial charge on any atom is -0.382 e. The maximum atomic E-state index is 13.2. The van der Waals surface area contributed by atoms with Crippen LogP contribution in [0.25, 0.3) is 0 Å². The number of ether oxygens (including phenoxy) is 1. The van der Waals surface area contributed by atoms with E-state index in [0.717, 1.165) is 62.0 Å². The van der Waals surface area contributed by atoms with Crippen molar-refractivity contribution >= 4 is 46.0 Å². The third-order valence-corrected chi connectivity index (χ3v) is 7.25. The Hall–Kier alpha value is -2.70. The molecule has 0 amide bonds. The zero-order valence-electron chi connectivity index (χ0n) is 19.9. The fourth-order valence-electron chi connectivity index (χ4n) is 4.64. The number of anilines is 2. The van der Waals surface area contributed by atoms with Crippen molar-refractivity contribution in [3.8, 4) is 0 Å². The molecule has 1 aromatic carbocycles. The Bertz CT molecular complexity index is 1110. The Morgan fingerprint density at radius 3 is 2.46 bits per heavy atom. The molecule has 2 aromatic rings. The van der Waals surface area contributed by atoms with Crippen molar-refractivity contribution in [2.45, 2.75) is 44.0 Å². The molecule has 13 heteroatoms. The second-order valence-electron chi connectivity index (χ2n) is 9.12. The van der Waals surface area contributed by atoms with E-state index in [1.807, 2.05) is 12.1 Å². The predicted octanol–water partition coefficient (Wildman–Crippen LogP) is 5.55. The summed E-state index contributed by atoms with van der Waals surface area (Å²) >= 11 is 11.5. The van der Waals surface area contributed by atoms with Gasteiger partial charge in [0, 0.05) is 50.2 Å². The topological polar surface area (TPSA) is 83.8 Å². The maximum Gasteiger partial charge on any atom is 0.423 e. The molecule has 1 aliphatic heterocycles. The van der Waals surface area contributed by atoms with Crippen molar-refractivity contribution in [2.75, 3.05) is 43.0 Å². The molecule has 0 unspecified atom stereocenters. The van der Waals surface area contributed by atoms with Crippen molar-refractivity contribution in [1.29, 1.82) is 0 Å². The fraction of sp³-hybridized carbons (Fsp3) is 0.500. The highest BCUT2D eigenvalue weighted by Gasteiger charge is 2.38. The molecule has 8 nitrogen and oxygen atoms in total. The molecule has 0 spiro atoms. The van der Waals surface area contributed by atoms with Crippen LogP contribution in [0.15, 0.2) is 36.5 Å². The average molecular weight is 558 g/mol. The zero-order chi connectivity index (χ0) is 26.6. The van der Waals surface area contributed by atoms with E-state index in [-0.39, 0.29) is 17.8 Å². The monoisotopic (exact) mass is 557 g/mol. The number of aromatic nitrogens is 1. The minimum atomic E-state index is -4.80. The summed E-state index contributed by atoms with van der Waals surface area (Å²) in [5.41, 5.74) is -1.98. The quantitative estimate of drug-likeness (QED) is 0.269. The van der Waals surface area contributed by atoms with Crippen molar-refractivity contribution in [3.05, 3.63) is 57.2 Å². The highest BCUT2D eigenvalue weighted by atomic mass is 35.5. The number of nitro benzene ring substituents is 1. The average Bonchev–Trinajstić information content (AvgIpc) is 2.88. The number of rotatable bonds is 7. The number of halogens is 4. The Balaban J connectivity index is 1.20. The SMILES string of the molecule is O=[N+]([O-])c1ccc(N[C@H]2CC[C@H](OCC(=S)N3CCN(c4ccc(Cl)cn4)CC3)CC2)cc1C(F)(F)F. The maximum absolute atomic E-state index is 13.2. The lowest BCUT2D eigenvalue weighted by Crippen LogP contribution is -2.49. The third-order valence-electron chi connectivity index (χ3n) is 6.65. The number of benzene rings is 1. The molecule has 4 rings (SSSR count). The van der Waals surface area contributed by atoms with Crippen LogP contribution in [-0.2, 0) is 10.9 Å². The first-order valence-corrected chi connectivity index (χ1v) is 12.8. The van der Waals surface area contributed by atoms with Gasteiger partial charge in [-0.05, 0) is 49.9 Å². The molecule has 2 fully saturated rings. The summed E-state index contributed by atoms with van der Waals surface area (Å²) in [4.78, 5) is 19.4. The largest absolute Gasteiger partial charge is 0.423 e. The molecular weight excluding hydrogens is 531 g/mol. The Morgan fingerprint density at radius 1 is 1.16 bits per heavy atom. The molecule has 200 valence electrons. The van der Waals surface area contributed by atoms with Crippen LogP contribution in [-0.4, -0.2) is 64.7 Å². The van der Waals surface area contributed by atoms with Gasteiger partial charge in [-0.15, -0.1) is 0 Å². The lowest BCUT2D eigenvalue weighted by molar-refractivity contribution is -0.388. The van der Waals surface area contributed by atoms with Gasteiger partial charge in [0.1, 0.15) is 16.4 Å². The Morgan fingerprint density at radius 2 is 1.86 bits per heavy atom. The van der Waals surface area contributed by atoms with Crippen LogP contribution >= 0.6 is 23.8 Å². The number of pyridine rings is 1. The van der Waals surface area contributed by atoms with Gasteiger partial charge in [-0.25, -0.2) is 4.98 Å². The van der Waals surface area contributed by atoms with Gasteiger partial charge < -0.3 is 19.9 Å². The van der Waals surface area contributed by atoms with Crippen molar-refractivity contribution in [3.63, 3.8) is 0 Å². The van der Waals surface area contributed by atoms with Crippen molar-refractivity contribution in [1.82, 2.24) is 9.88 Å². The number of hydrogen-bond donors (Lipinski definition) is 1. The number of alkyl halides is 3. The molecule has 1 N–H and O–H groups in total. The number of nitrogens with zero attached hydrogens (tertiary/aromatic N) is 4. The van der Waals surface area contributed by atoms with Crippen LogP contribution in [0.4, 0.5) is 30.4 Å². The van der Waals surface area contributed by atoms with Crippen LogP contribution in [0.5, 0.6) is 0 Å². The van der Waals surface area contributed by atoms with E-state index in [1.165, 1.54) is 6.07 Å². The van der Waals surface area contributed by atoms with Gasteiger partial charge >= 0.3 is 6.18 Å². The first-order valence-electron chi connectivity index (χ1n) is 12.0. The lowest BCUT2D eigenvalue weighted by atomic mass is 9.92. The molecule has 1 aliphatic carbocycles. The third kappa shape index (κ3) is 7.20. The van der Waals surface area contributed by atoms with E-state index in [0.29, 0.717) is 24.5 Å².